The lowest BCUT2D eigenvalue weighted by Crippen LogP contribution is -2.26. The Morgan fingerprint density at radius 3 is 2.00 bits per heavy atom. The van der Waals surface area contributed by atoms with E-state index in [9.17, 15) is 9.59 Å². The SMILES string of the molecule is CC(C)=CCCC(C)=CCOC(=O)C1CCCCCCCCCCCCCC1=O. The van der Waals surface area contributed by atoms with Gasteiger partial charge in [-0.25, -0.2) is 0 Å². The Kier molecular flexibility index (Phi) is 14.5. The summed E-state index contributed by atoms with van der Waals surface area (Å²) in [5, 5.41) is 0. The summed E-state index contributed by atoms with van der Waals surface area (Å²) in [5.41, 5.74) is 2.55. The van der Waals surface area contributed by atoms with Crippen LogP contribution in [0.3, 0.4) is 0 Å². The van der Waals surface area contributed by atoms with Crippen molar-refractivity contribution in [2.75, 3.05) is 6.61 Å². The quantitative estimate of drug-likeness (QED) is 0.261. The number of Topliss-reactive ketones (excluding diaryl/α,β-unsaturated/α-hetero) is 1. The van der Waals surface area contributed by atoms with Crippen LogP contribution in [0.5, 0.6) is 0 Å². The number of esters is 1. The molecule has 0 aromatic rings. The highest BCUT2D eigenvalue weighted by atomic mass is 16.5. The van der Waals surface area contributed by atoms with E-state index < -0.39 is 5.92 Å². The molecule has 0 spiro atoms. The first kappa shape index (κ1) is 25.7. The molecular weight excluding hydrogens is 360 g/mol. The van der Waals surface area contributed by atoms with Crippen LogP contribution in [-0.4, -0.2) is 18.4 Å². The molecule has 0 aromatic heterocycles. The lowest BCUT2D eigenvalue weighted by Gasteiger charge is -2.15. The summed E-state index contributed by atoms with van der Waals surface area (Å²) in [4.78, 5) is 25.3. The largest absolute Gasteiger partial charge is 0.461 e. The monoisotopic (exact) mass is 404 g/mol. The van der Waals surface area contributed by atoms with Crippen LogP contribution in [-0.2, 0) is 14.3 Å². The molecular formula is C26H44O3. The molecule has 0 heterocycles. The molecule has 0 radical (unpaired) electrons. The minimum Gasteiger partial charge on any atom is -0.461 e. The van der Waals surface area contributed by atoms with Gasteiger partial charge in [0, 0.05) is 6.42 Å². The molecule has 1 unspecified atom stereocenters. The fourth-order valence-electron chi connectivity index (χ4n) is 3.88. The van der Waals surface area contributed by atoms with Crippen molar-refractivity contribution in [1.29, 1.82) is 0 Å². The van der Waals surface area contributed by atoms with Crippen LogP contribution in [0.1, 0.15) is 117 Å². The standard InChI is InChI=1S/C26H44O3/c1-22(2)16-15-17-23(3)20-21-29-26(28)24-18-13-11-9-7-5-4-6-8-10-12-14-19-25(24)27/h16,20,24H,4-15,17-19,21H2,1-3H3. The fourth-order valence-corrected chi connectivity index (χ4v) is 3.88. The summed E-state index contributed by atoms with van der Waals surface area (Å²) in [5.74, 6) is -0.777. The Morgan fingerprint density at radius 1 is 0.862 bits per heavy atom. The predicted octanol–water partition coefficient (Wildman–Crippen LogP) is 7.49. The molecule has 0 aromatic carbocycles. The first-order valence-electron chi connectivity index (χ1n) is 12.0. The van der Waals surface area contributed by atoms with Crippen LogP contribution in [0.2, 0.25) is 0 Å². The van der Waals surface area contributed by atoms with Crippen molar-refractivity contribution in [2.24, 2.45) is 5.92 Å². The molecule has 0 aliphatic heterocycles. The minimum atomic E-state index is -0.556. The van der Waals surface area contributed by atoms with E-state index in [1.165, 1.54) is 56.1 Å². The van der Waals surface area contributed by atoms with Gasteiger partial charge in [0.1, 0.15) is 18.3 Å². The molecule has 3 nitrogen and oxygen atoms in total. The highest BCUT2D eigenvalue weighted by Crippen LogP contribution is 2.20. The molecule has 1 atom stereocenters. The number of hydrogen-bond acceptors (Lipinski definition) is 3. The van der Waals surface area contributed by atoms with E-state index in [-0.39, 0.29) is 18.4 Å². The van der Waals surface area contributed by atoms with Gasteiger partial charge in [0.25, 0.3) is 0 Å². The topological polar surface area (TPSA) is 43.4 Å². The van der Waals surface area contributed by atoms with E-state index in [2.05, 4.69) is 26.8 Å². The lowest BCUT2D eigenvalue weighted by atomic mass is 9.93. The van der Waals surface area contributed by atoms with Crippen molar-refractivity contribution in [3.63, 3.8) is 0 Å². The Labute approximate surface area is 179 Å². The maximum absolute atomic E-state index is 12.7. The molecule has 1 aliphatic carbocycles. The third kappa shape index (κ3) is 13.5. The van der Waals surface area contributed by atoms with E-state index in [1.807, 2.05) is 6.08 Å². The molecule has 0 saturated heterocycles. The fraction of sp³-hybridized carbons (Fsp3) is 0.769. The Hall–Kier alpha value is -1.38. The summed E-state index contributed by atoms with van der Waals surface area (Å²) in [6.45, 7) is 6.56. The molecule has 0 N–H and O–H groups in total. The number of carbonyl (C=O) groups is 2. The summed E-state index contributed by atoms with van der Waals surface area (Å²) in [6, 6.07) is 0. The smallest absolute Gasteiger partial charge is 0.316 e. The predicted molar refractivity (Wildman–Crippen MR) is 122 cm³/mol. The maximum Gasteiger partial charge on any atom is 0.316 e. The number of rotatable bonds is 6. The zero-order chi connectivity index (χ0) is 21.3. The molecule has 29 heavy (non-hydrogen) atoms. The molecule has 1 fully saturated rings. The highest BCUT2D eigenvalue weighted by Gasteiger charge is 2.26. The molecule has 0 amide bonds. The van der Waals surface area contributed by atoms with Gasteiger partial charge >= 0.3 is 5.97 Å². The Balaban J connectivity index is 2.51. The Morgan fingerprint density at radius 2 is 1.41 bits per heavy atom. The summed E-state index contributed by atoms with van der Waals surface area (Å²) >= 11 is 0. The first-order valence-corrected chi connectivity index (χ1v) is 12.0. The van der Waals surface area contributed by atoms with E-state index in [1.54, 1.807) is 0 Å². The Bertz CT molecular complexity index is 526. The van der Waals surface area contributed by atoms with Gasteiger partial charge < -0.3 is 4.74 Å². The van der Waals surface area contributed by atoms with Crippen molar-refractivity contribution < 1.29 is 14.3 Å². The van der Waals surface area contributed by atoms with Crippen molar-refractivity contribution in [3.05, 3.63) is 23.3 Å². The normalized spacial score (nSPS) is 21.0. The molecule has 1 aliphatic rings. The van der Waals surface area contributed by atoms with Gasteiger partial charge in [-0.05, 0) is 52.5 Å². The van der Waals surface area contributed by atoms with E-state index in [0.29, 0.717) is 12.8 Å². The highest BCUT2D eigenvalue weighted by molar-refractivity contribution is 5.98. The average molecular weight is 405 g/mol. The van der Waals surface area contributed by atoms with Gasteiger partial charge in [-0.15, -0.1) is 0 Å². The van der Waals surface area contributed by atoms with Crippen LogP contribution in [0.4, 0.5) is 0 Å². The van der Waals surface area contributed by atoms with Gasteiger partial charge in [0.05, 0.1) is 0 Å². The van der Waals surface area contributed by atoms with Crippen LogP contribution < -0.4 is 0 Å². The number of allylic oxidation sites excluding steroid dienone is 3. The van der Waals surface area contributed by atoms with Gasteiger partial charge in [-0.1, -0.05) is 81.4 Å². The molecule has 166 valence electrons. The van der Waals surface area contributed by atoms with Crippen molar-refractivity contribution in [3.8, 4) is 0 Å². The van der Waals surface area contributed by atoms with Crippen molar-refractivity contribution in [1.82, 2.24) is 0 Å². The summed E-state index contributed by atoms with van der Waals surface area (Å²) in [6.07, 6.45) is 20.4. The average Bonchev–Trinajstić information content (AvgIpc) is 2.68. The lowest BCUT2D eigenvalue weighted by molar-refractivity contribution is -0.151. The van der Waals surface area contributed by atoms with Crippen LogP contribution in [0, 0.1) is 5.92 Å². The number of hydrogen-bond donors (Lipinski definition) is 0. The van der Waals surface area contributed by atoms with Gasteiger partial charge in [0.2, 0.25) is 0 Å². The van der Waals surface area contributed by atoms with E-state index >= 15 is 0 Å². The second-order valence-electron chi connectivity index (χ2n) is 8.95. The van der Waals surface area contributed by atoms with E-state index in [4.69, 9.17) is 4.74 Å². The van der Waals surface area contributed by atoms with E-state index in [0.717, 1.165) is 38.5 Å². The maximum atomic E-state index is 12.7. The molecule has 1 rings (SSSR count). The van der Waals surface area contributed by atoms with Gasteiger partial charge in [-0.3, -0.25) is 9.59 Å². The number of ether oxygens (including phenoxy) is 1. The van der Waals surface area contributed by atoms with Crippen molar-refractivity contribution in [2.45, 2.75) is 117 Å². The van der Waals surface area contributed by atoms with Crippen LogP contribution >= 0.6 is 0 Å². The molecule has 3 heteroatoms. The molecule has 1 saturated carbocycles. The number of ketones is 1. The second-order valence-corrected chi connectivity index (χ2v) is 8.95. The molecule has 0 bridgehead atoms. The number of carbonyl (C=O) groups excluding carboxylic acids is 2. The third-order valence-corrected chi connectivity index (χ3v) is 5.84. The zero-order valence-electron chi connectivity index (χ0n) is 19.3. The van der Waals surface area contributed by atoms with Crippen LogP contribution in [0.25, 0.3) is 0 Å². The third-order valence-electron chi connectivity index (χ3n) is 5.84. The summed E-state index contributed by atoms with van der Waals surface area (Å²) in [7, 11) is 0. The van der Waals surface area contributed by atoms with Crippen LogP contribution in [0.15, 0.2) is 23.3 Å². The van der Waals surface area contributed by atoms with Gasteiger partial charge in [-0.2, -0.15) is 0 Å². The second kappa shape index (κ2) is 16.4. The van der Waals surface area contributed by atoms with Gasteiger partial charge in [0.15, 0.2) is 0 Å². The minimum absolute atomic E-state index is 0.0918. The first-order chi connectivity index (χ1) is 14.0. The zero-order valence-corrected chi connectivity index (χ0v) is 19.3. The summed E-state index contributed by atoms with van der Waals surface area (Å²) < 4.78 is 5.49. The van der Waals surface area contributed by atoms with Crippen molar-refractivity contribution >= 4 is 11.8 Å².